The summed E-state index contributed by atoms with van der Waals surface area (Å²) in [6.07, 6.45) is 7.49. The van der Waals surface area contributed by atoms with Crippen LogP contribution in [0.3, 0.4) is 0 Å². The first kappa shape index (κ1) is 15.6. The molecule has 0 fully saturated rings. The molecule has 1 unspecified atom stereocenters. The van der Waals surface area contributed by atoms with E-state index >= 15 is 0 Å². The van der Waals surface area contributed by atoms with Crippen molar-refractivity contribution in [3.8, 4) is 5.88 Å². The van der Waals surface area contributed by atoms with Gasteiger partial charge in [0.05, 0.1) is 0 Å². The molecule has 0 radical (unpaired) electrons. The van der Waals surface area contributed by atoms with Gasteiger partial charge >= 0.3 is 0 Å². The van der Waals surface area contributed by atoms with Crippen molar-refractivity contribution in [1.29, 1.82) is 0 Å². The summed E-state index contributed by atoms with van der Waals surface area (Å²) in [6.45, 7) is 1.49. The molecule has 2 aromatic heterocycles. The van der Waals surface area contributed by atoms with E-state index in [2.05, 4.69) is 20.3 Å². The van der Waals surface area contributed by atoms with Crippen LogP contribution in [0.15, 0.2) is 36.8 Å². The maximum Gasteiger partial charge on any atom is 0.222 e. The lowest BCUT2D eigenvalue weighted by atomic mass is 10.0. The highest BCUT2D eigenvalue weighted by atomic mass is 16.5. The fraction of sp³-hybridized carbons (Fsp3) is 0.438. The van der Waals surface area contributed by atoms with Gasteiger partial charge in [-0.2, -0.15) is 0 Å². The molecule has 0 saturated heterocycles. The van der Waals surface area contributed by atoms with Gasteiger partial charge in [0.25, 0.3) is 0 Å². The normalized spacial score (nSPS) is 16.7. The number of hydroxylamine groups is 2. The van der Waals surface area contributed by atoms with Gasteiger partial charge in [-0.05, 0) is 37.9 Å². The molecule has 3 heterocycles. The Morgan fingerprint density at radius 3 is 2.91 bits per heavy atom. The predicted molar refractivity (Wildman–Crippen MR) is 87.1 cm³/mol. The third kappa shape index (κ3) is 4.61. The quantitative estimate of drug-likeness (QED) is 0.616. The summed E-state index contributed by atoms with van der Waals surface area (Å²) in [4.78, 5) is 12.4. The molecule has 2 aromatic rings. The highest BCUT2D eigenvalue weighted by molar-refractivity contribution is 5.27. The van der Waals surface area contributed by atoms with E-state index in [0.717, 1.165) is 29.9 Å². The van der Waals surface area contributed by atoms with Crippen LogP contribution in [0.2, 0.25) is 0 Å². The highest BCUT2D eigenvalue weighted by Crippen LogP contribution is 2.24. The molecule has 0 saturated carbocycles. The van der Waals surface area contributed by atoms with E-state index in [1.807, 2.05) is 12.1 Å². The van der Waals surface area contributed by atoms with Crippen LogP contribution in [0.1, 0.15) is 18.4 Å². The van der Waals surface area contributed by atoms with Crippen molar-refractivity contribution in [2.45, 2.75) is 25.4 Å². The molecular weight excluding hydrogens is 294 g/mol. The first-order chi connectivity index (χ1) is 11.3. The number of aromatic nitrogens is 3. The van der Waals surface area contributed by atoms with Crippen molar-refractivity contribution in [2.24, 2.45) is 0 Å². The molecule has 7 heteroatoms. The van der Waals surface area contributed by atoms with Crippen molar-refractivity contribution in [3.05, 3.63) is 47.6 Å². The number of rotatable bonds is 7. The molecule has 0 aliphatic carbocycles. The number of anilines is 1. The van der Waals surface area contributed by atoms with Crippen LogP contribution in [0.4, 0.5) is 5.95 Å². The van der Waals surface area contributed by atoms with Crippen molar-refractivity contribution >= 4 is 5.95 Å². The minimum atomic E-state index is -0.0830. The zero-order valence-electron chi connectivity index (χ0n) is 12.9. The second-order valence-electron chi connectivity index (χ2n) is 5.49. The molecule has 0 bridgehead atoms. The number of aryl methyl sites for hydroxylation is 1. The zero-order valence-corrected chi connectivity index (χ0v) is 12.9. The Balaban J connectivity index is 1.36. The molecule has 1 atom stereocenters. The number of hydrogen-bond donors (Lipinski definition) is 1. The fourth-order valence-corrected chi connectivity index (χ4v) is 2.55. The van der Waals surface area contributed by atoms with E-state index < -0.39 is 0 Å². The molecule has 122 valence electrons. The van der Waals surface area contributed by atoms with E-state index in [1.165, 1.54) is 0 Å². The van der Waals surface area contributed by atoms with Crippen LogP contribution in [-0.2, 0) is 6.42 Å². The largest absolute Gasteiger partial charge is 0.785 e. The lowest BCUT2D eigenvalue weighted by Gasteiger charge is -2.34. The Labute approximate surface area is 135 Å². The smallest absolute Gasteiger partial charge is 0.222 e. The van der Waals surface area contributed by atoms with Crippen LogP contribution in [-0.4, -0.2) is 45.8 Å². The van der Waals surface area contributed by atoms with Gasteiger partial charge in [0, 0.05) is 37.2 Å². The molecule has 1 aliphatic rings. The Morgan fingerprint density at radius 1 is 1.22 bits per heavy atom. The molecular formula is C16H20N5O2-. The van der Waals surface area contributed by atoms with Crippen LogP contribution in [0.25, 0.3) is 0 Å². The fourth-order valence-electron chi connectivity index (χ4n) is 2.55. The molecule has 7 nitrogen and oxygen atoms in total. The van der Waals surface area contributed by atoms with Gasteiger partial charge in [-0.3, -0.25) is 0 Å². The van der Waals surface area contributed by atoms with E-state index in [1.54, 1.807) is 24.7 Å². The third-order valence-electron chi connectivity index (χ3n) is 3.70. The van der Waals surface area contributed by atoms with Crippen LogP contribution < -0.4 is 10.1 Å². The topological polar surface area (TPSA) is 86.2 Å². The Kier molecular flexibility index (Phi) is 5.33. The van der Waals surface area contributed by atoms with Gasteiger partial charge in [-0.1, -0.05) is 6.07 Å². The van der Waals surface area contributed by atoms with Crippen LogP contribution in [0.5, 0.6) is 5.88 Å². The summed E-state index contributed by atoms with van der Waals surface area (Å²) in [6, 6.07) is 5.69. The number of nitrogens with one attached hydrogen (secondary N) is 1. The molecule has 1 N–H and O–H groups in total. The number of ether oxygens (including phenoxy) is 1. The Bertz CT molecular complexity index is 610. The van der Waals surface area contributed by atoms with Gasteiger partial charge in [0.15, 0.2) is 0 Å². The van der Waals surface area contributed by atoms with E-state index in [9.17, 15) is 5.21 Å². The molecule has 1 aliphatic heterocycles. The van der Waals surface area contributed by atoms with Gasteiger partial charge in [0.1, 0.15) is 6.10 Å². The van der Waals surface area contributed by atoms with Gasteiger partial charge in [0.2, 0.25) is 11.8 Å². The number of hydrogen-bond acceptors (Lipinski definition) is 7. The number of nitrogens with zero attached hydrogens (tertiary/aromatic N) is 4. The molecule has 0 amide bonds. The van der Waals surface area contributed by atoms with Crippen LogP contribution in [0, 0.1) is 5.21 Å². The Hall–Kier alpha value is -2.25. The van der Waals surface area contributed by atoms with E-state index in [0.29, 0.717) is 31.5 Å². The number of pyridine rings is 1. The average Bonchev–Trinajstić information content (AvgIpc) is 2.59. The minimum absolute atomic E-state index is 0.0830. The van der Waals surface area contributed by atoms with Crippen molar-refractivity contribution in [1.82, 2.24) is 20.0 Å². The first-order valence-corrected chi connectivity index (χ1v) is 7.85. The summed E-state index contributed by atoms with van der Waals surface area (Å²) < 4.78 is 5.79. The lowest BCUT2D eigenvalue weighted by Crippen LogP contribution is -2.35. The standard InChI is InChI=1S/C16H20N5O2/c22-21(11-3-10-20-16-18-8-2-9-19-16)12-14-6-5-13-4-1-7-17-15(13)23-14/h1-2,4,7-9,14H,3,5-6,10-12H2,(H,18,19,20)/q-1. The van der Waals surface area contributed by atoms with Gasteiger partial charge in [-0.25, -0.2) is 15.0 Å². The number of fused-ring (bicyclic) bond motifs is 1. The maximum atomic E-state index is 12.0. The second-order valence-corrected chi connectivity index (χ2v) is 5.49. The van der Waals surface area contributed by atoms with Gasteiger partial charge < -0.3 is 20.3 Å². The summed E-state index contributed by atoms with van der Waals surface area (Å²) in [5.41, 5.74) is 1.12. The molecule has 0 spiro atoms. The maximum absolute atomic E-state index is 12.0. The molecule has 3 rings (SSSR count). The summed E-state index contributed by atoms with van der Waals surface area (Å²) in [5, 5.41) is 16.1. The SMILES string of the molecule is [O-]N(CCCNc1ncccn1)CC1CCc2cccnc2O1. The summed E-state index contributed by atoms with van der Waals surface area (Å²) in [5.74, 6) is 1.25. The van der Waals surface area contributed by atoms with Crippen molar-refractivity contribution < 1.29 is 4.74 Å². The van der Waals surface area contributed by atoms with Crippen molar-refractivity contribution in [2.75, 3.05) is 25.0 Å². The van der Waals surface area contributed by atoms with Gasteiger partial charge in [-0.15, -0.1) is 0 Å². The zero-order chi connectivity index (χ0) is 15.9. The monoisotopic (exact) mass is 314 g/mol. The first-order valence-electron chi connectivity index (χ1n) is 7.85. The summed E-state index contributed by atoms with van der Waals surface area (Å²) in [7, 11) is 0. The minimum Gasteiger partial charge on any atom is -0.785 e. The molecule has 23 heavy (non-hydrogen) atoms. The lowest BCUT2D eigenvalue weighted by molar-refractivity contribution is 0.129. The predicted octanol–water partition coefficient (Wildman–Crippen LogP) is 1.87. The third-order valence-corrected chi connectivity index (χ3v) is 3.70. The average molecular weight is 314 g/mol. The van der Waals surface area contributed by atoms with E-state index in [-0.39, 0.29) is 6.10 Å². The second kappa shape index (κ2) is 7.85. The summed E-state index contributed by atoms with van der Waals surface area (Å²) >= 11 is 0. The van der Waals surface area contributed by atoms with Crippen LogP contribution >= 0.6 is 0 Å². The Morgan fingerprint density at radius 2 is 2.04 bits per heavy atom. The molecule has 0 aromatic carbocycles. The van der Waals surface area contributed by atoms with E-state index in [4.69, 9.17) is 4.74 Å². The van der Waals surface area contributed by atoms with Crippen molar-refractivity contribution in [3.63, 3.8) is 0 Å². The highest BCUT2D eigenvalue weighted by Gasteiger charge is 2.20.